The van der Waals surface area contributed by atoms with Crippen molar-refractivity contribution in [3.8, 4) is 0 Å². The van der Waals surface area contributed by atoms with Crippen LogP contribution in [0.3, 0.4) is 0 Å². The fourth-order valence-corrected chi connectivity index (χ4v) is 2.95. The van der Waals surface area contributed by atoms with E-state index in [1.54, 1.807) is 7.11 Å². The van der Waals surface area contributed by atoms with E-state index in [1.807, 2.05) is 23.9 Å². The maximum absolute atomic E-state index is 11.9. The van der Waals surface area contributed by atoms with Gasteiger partial charge in [0.05, 0.1) is 19.6 Å². The molecule has 1 N–H and O–H groups in total. The molecule has 0 aromatic carbocycles. The number of halogens is 3. The minimum Gasteiger partial charge on any atom is -0.475 e. The number of hydrogen-bond acceptors (Lipinski definition) is 5. The summed E-state index contributed by atoms with van der Waals surface area (Å²) in [6.45, 7) is 3.60. The van der Waals surface area contributed by atoms with Crippen LogP contribution in [-0.2, 0) is 19.1 Å². The number of amides is 1. The van der Waals surface area contributed by atoms with Gasteiger partial charge in [-0.05, 0) is 32.9 Å². The SMILES string of the molecule is COCCC1CCOC12CN(C(=O)CN(C)C)C2.O=C(O)C(F)(F)F. The van der Waals surface area contributed by atoms with Crippen LogP contribution in [0.1, 0.15) is 12.8 Å². The maximum atomic E-state index is 11.9. The Morgan fingerprint density at radius 1 is 1.36 bits per heavy atom. The quantitative estimate of drug-likeness (QED) is 0.773. The third-order valence-electron chi connectivity index (χ3n) is 4.23. The predicted octanol–water partition coefficient (Wildman–Crippen LogP) is 0.835. The van der Waals surface area contributed by atoms with Gasteiger partial charge in [0, 0.05) is 20.3 Å². The molecule has 1 atom stereocenters. The van der Waals surface area contributed by atoms with Gasteiger partial charge in [0.1, 0.15) is 5.60 Å². The Balaban J connectivity index is 0.000000381. The number of likely N-dealkylation sites (N-methyl/N-ethyl adjacent to an activating group) is 1. The van der Waals surface area contributed by atoms with Crippen LogP contribution in [0.15, 0.2) is 0 Å². The molecule has 2 aliphatic heterocycles. The molecule has 1 spiro atoms. The first-order valence-electron chi connectivity index (χ1n) is 7.87. The van der Waals surface area contributed by atoms with Crippen LogP contribution in [-0.4, -0.2) is 92.6 Å². The molecule has 1 amide bonds. The molecule has 1 unspecified atom stereocenters. The lowest BCUT2D eigenvalue weighted by Crippen LogP contribution is -2.67. The van der Waals surface area contributed by atoms with E-state index in [2.05, 4.69) is 0 Å². The Kier molecular flexibility index (Phi) is 7.63. The second-order valence-corrected chi connectivity index (χ2v) is 6.47. The number of alkyl halides is 3. The molecule has 10 heteroatoms. The zero-order valence-corrected chi connectivity index (χ0v) is 14.6. The molecule has 0 saturated carbocycles. The molecule has 25 heavy (non-hydrogen) atoms. The average molecular weight is 370 g/mol. The van der Waals surface area contributed by atoms with Crippen LogP contribution in [0, 0.1) is 5.92 Å². The average Bonchev–Trinajstić information content (AvgIpc) is 2.85. The van der Waals surface area contributed by atoms with Gasteiger partial charge in [-0.2, -0.15) is 13.2 Å². The summed E-state index contributed by atoms with van der Waals surface area (Å²) >= 11 is 0. The first-order valence-corrected chi connectivity index (χ1v) is 7.87. The molecule has 0 aromatic rings. The number of carboxylic acid groups (broad SMARTS) is 1. The molecule has 2 rings (SSSR count). The predicted molar refractivity (Wildman–Crippen MR) is 82.1 cm³/mol. The Morgan fingerprint density at radius 2 is 1.92 bits per heavy atom. The molecule has 7 nitrogen and oxygen atoms in total. The van der Waals surface area contributed by atoms with Gasteiger partial charge < -0.3 is 24.4 Å². The van der Waals surface area contributed by atoms with Gasteiger partial charge >= 0.3 is 12.1 Å². The lowest BCUT2D eigenvalue weighted by Gasteiger charge is -2.50. The lowest BCUT2D eigenvalue weighted by atomic mass is 9.79. The summed E-state index contributed by atoms with van der Waals surface area (Å²) in [5.41, 5.74) is -0.0689. The number of rotatable bonds is 5. The third kappa shape index (κ3) is 6.12. The molecular formula is C15H25F3N2O5. The van der Waals surface area contributed by atoms with Crippen molar-refractivity contribution in [1.29, 1.82) is 0 Å². The molecule has 2 saturated heterocycles. The molecule has 2 aliphatic rings. The standard InChI is InChI=1S/C13H24N2O3.C2HF3O2/c1-14(2)8-12(16)15-9-13(10-15)11(4-6-17-3)5-7-18-13;3-2(4,5)1(6)7/h11H,4-10H2,1-3H3;(H,6,7). The van der Waals surface area contributed by atoms with E-state index < -0.39 is 12.1 Å². The van der Waals surface area contributed by atoms with E-state index >= 15 is 0 Å². The Bertz CT molecular complexity index is 465. The number of nitrogens with zero attached hydrogens (tertiary/aromatic N) is 2. The van der Waals surface area contributed by atoms with Crippen molar-refractivity contribution in [2.24, 2.45) is 5.92 Å². The summed E-state index contributed by atoms with van der Waals surface area (Å²) in [4.78, 5) is 24.6. The zero-order valence-electron chi connectivity index (χ0n) is 14.6. The summed E-state index contributed by atoms with van der Waals surface area (Å²) in [5.74, 6) is -2.01. The molecule has 0 bridgehead atoms. The lowest BCUT2D eigenvalue weighted by molar-refractivity contribution is -0.192. The summed E-state index contributed by atoms with van der Waals surface area (Å²) in [5, 5.41) is 7.12. The Morgan fingerprint density at radius 3 is 2.36 bits per heavy atom. The van der Waals surface area contributed by atoms with E-state index in [0.717, 1.165) is 39.1 Å². The summed E-state index contributed by atoms with van der Waals surface area (Å²) < 4.78 is 42.8. The number of carbonyl (C=O) groups excluding carboxylic acids is 1. The van der Waals surface area contributed by atoms with Gasteiger partial charge in [-0.15, -0.1) is 0 Å². The largest absolute Gasteiger partial charge is 0.490 e. The van der Waals surface area contributed by atoms with Crippen LogP contribution >= 0.6 is 0 Å². The van der Waals surface area contributed by atoms with Crippen molar-refractivity contribution in [3.63, 3.8) is 0 Å². The second kappa shape index (κ2) is 8.81. The zero-order chi connectivity index (χ0) is 19.3. The van der Waals surface area contributed by atoms with E-state index in [9.17, 15) is 18.0 Å². The summed E-state index contributed by atoms with van der Waals surface area (Å²) in [6.07, 6.45) is -2.95. The van der Waals surface area contributed by atoms with Gasteiger partial charge in [0.15, 0.2) is 0 Å². The highest BCUT2D eigenvalue weighted by Gasteiger charge is 2.53. The number of aliphatic carboxylic acids is 1. The van der Waals surface area contributed by atoms with Crippen molar-refractivity contribution in [1.82, 2.24) is 9.80 Å². The topological polar surface area (TPSA) is 79.3 Å². The Hall–Kier alpha value is -1.39. The van der Waals surface area contributed by atoms with Crippen molar-refractivity contribution in [3.05, 3.63) is 0 Å². The third-order valence-corrected chi connectivity index (χ3v) is 4.23. The number of ether oxygens (including phenoxy) is 2. The molecular weight excluding hydrogens is 345 g/mol. The smallest absolute Gasteiger partial charge is 0.475 e. The van der Waals surface area contributed by atoms with Crippen molar-refractivity contribution in [2.75, 3.05) is 54.1 Å². The van der Waals surface area contributed by atoms with Gasteiger partial charge in [0.2, 0.25) is 5.91 Å². The minimum atomic E-state index is -5.08. The van der Waals surface area contributed by atoms with Gasteiger partial charge in [0.25, 0.3) is 0 Å². The molecule has 0 radical (unpaired) electrons. The normalized spacial score (nSPS) is 21.7. The highest BCUT2D eigenvalue weighted by Crippen LogP contribution is 2.41. The van der Waals surface area contributed by atoms with Crippen LogP contribution < -0.4 is 0 Å². The van der Waals surface area contributed by atoms with Gasteiger partial charge in [-0.25, -0.2) is 4.79 Å². The van der Waals surface area contributed by atoms with Crippen LogP contribution in [0.2, 0.25) is 0 Å². The molecule has 0 aliphatic carbocycles. The van der Waals surface area contributed by atoms with E-state index in [1.165, 1.54) is 0 Å². The Labute approximate surface area is 144 Å². The number of likely N-dealkylation sites (tertiary alicyclic amines) is 1. The molecule has 2 heterocycles. The minimum absolute atomic E-state index is 0.0689. The highest BCUT2D eigenvalue weighted by molar-refractivity contribution is 5.79. The van der Waals surface area contributed by atoms with E-state index in [4.69, 9.17) is 19.4 Å². The number of carbonyl (C=O) groups is 2. The fraction of sp³-hybridized carbons (Fsp3) is 0.867. The van der Waals surface area contributed by atoms with Crippen molar-refractivity contribution in [2.45, 2.75) is 24.6 Å². The van der Waals surface area contributed by atoms with Crippen LogP contribution in [0.5, 0.6) is 0 Å². The molecule has 2 fully saturated rings. The van der Waals surface area contributed by atoms with Crippen LogP contribution in [0.25, 0.3) is 0 Å². The molecule has 0 aromatic heterocycles. The first kappa shape index (κ1) is 21.7. The maximum Gasteiger partial charge on any atom is 0.490 e. The van der Waals surface area contributed by atoms with Crippen molar-refractivity contribution < 1.29 is 37.3 Å². The summed E-state index contributed by atoms with van der Waals surface area (Å²) in [7, 11) is 5.57. The fourth-order valence-electron chi connectivity index (χ4n) is 2.95. The van der Waals surface area contributed by atoms with E-state index in [0.29, 0.717) is 12.5 Å². The van der Waals surface area contributed by atoms with E-state index in [-0.39, 0.29) is 11.5 Å². The van der Waals surface area contributed by atoms with Crippen molar-refractivity contribution >= 4 is 11.9 Å². The number of methoxy groups -OCH3 is 1. The monoisotopic (exact) mass is 370 g/mol. The number of hydrogen-bond donors (Lipinski definition) is 1. The second-order valence-electron chi connectivity index (χ2n) is 6.47. The van der Waals surface area contributed by atoms with Crippen LogP contribution in [0.4, 0.5) is 13.2 Å². The van der Waals surface area contributed by atoms with Gasteiger partial charge in [-0.3, -0.25) is 4.79 Å². The molecule has 146 valence electrons. The summed E-state index contributed by atoms with van der Waals surface area (Å²) in [6, 6.07) is 0. The highest BCUT2D eigenvalue weighted by atomic mass is 19.4. The van der Waals surface area contributed by atoms with Gasteiger partial charge in [-0.1, -0.05) is 0 Å². The number of carboxylic acids is 1. The first-order chi connectivity index (χ1) is 11.5.